The van der Waals surface area contributed by atoms with Crippen molar-refractivity contribution in [3.63, 3.8) is 0 Å². The van der Waals surface area contributed by atoms with E-state index in [0.717, 1.165) is 6.07 Å². The first-order valence-electron chi connectivity index (χ1n) is 5.84. The molecule has 0 aliphatic carbocycles. The molecule has 0 amide bonds. The molecule has 0 unspecified atom stereocenters. The normalized spacial score (nSPS) is 10.7. The molecule has 0 aromatic heterocycles. The van der Waals surface area contributed by atoms with Crippen molar-refractivity contribution in [1.82, 2.24) is 0 Å². The Morgan fingerprint density at radius 2 is 1.90 bits per heavy atom. The van der Waals surface area contributed by atoms with Gasteiger partial charge in [-0.15, -0.1) is 0 Å². The van der Waals surface area contributed by atoms with Crippen molar-refractivity contribution in [3.8, 4) is 11.8 Å². The molecule has 2 aromatic rings. The van der Waals surface area contributed by atoms with Crippen LogP contribution >= 0.6 is 0 Å². The summed E-state index contributed by atoms with van der Waals surface area (Å²) in [5.74, 6) is -0.573. The SMILES string of the molecule is COc1ccccc1NS(=O)(=O)c1cccc(F)c1C#N. The van der Waals surface area contributed by atoms with Crippen molar-refractivity contribution in [2.45, 2.75) is 4.90 Å². The standard InChI is InChI=1S/C14H11FN2O3S/c1-20-13-7-3-2-6-12(13)17-21(18,19)14-8-4-5-11(15)10(14)9-16/h2-8,17H,1H3. The molecule has 21 heavy (non-hydrogen) atoms. The van der Waals surface area contributed by atoms with Gasteiger partial charge in [-0.3, -0.25) is 4.72 Å². The Hall–Kier alpha value is -2.59. The van der Waals surface area contributed by atoms with Crippen molar-refractivity contribution in [1.29, 1.82) is 5.26 Å². The molecule has 0 heterocycles. The molecule has 0 saturated heterocycles. The predicted octanol–water partition coefficient (Wildman–Crippen LogP) is 2.51. The van der Waals surface area contributed by atoms with Crippen LogP contribution in [0.4, 0.5) is 10.1 Å². The van der Waals surface area contributed by atoms with Crippen LogP contribution < -0.4 is 9.46 Å². The molecule has 0 saturated carbocycles. The van der Waals surface area contributed by atoms with Crippen LogP contribution in [0.2, 0.25) is 0 Å². The number of ether oxygens (including phenoxy) is 1. The van der Waals surface area contributed by atoms with Gasteiger partial charge in [-0.1, -0.05) is 18.2 Å². The Morgan fingerprint density at radius 3 is 2.57 bits per heavy atom. The first-order valence-corrected chi connectivity index (χ1v) is 7.32. The maximum Gasteiger partial charge on any atom is 0.263 e. The van der Waals surface area contributed by atoms with Gasteiger partial charge in [0, 0.05) is 0 Å². The van der Waals surface area contributed by atoms with E-state index in [1.165, 1.54) is 25.3 Å². The fourth-order valence-corrected chi connectivity index (χ4v) is 3.00. The molecule has 2 rings (SSSR count). The number of halogens is 1. The number of anilines is 1. The van der Waals surface area contributed by atoms with Crippen LogP contribution in [0.1, 0.15) is 5.56 Å². The third-order valence-electron chi connectivity index (χ3n) is 2.73. The number of nitrogens with zero attached hydrogens (tertiary/aromatic N) is 1. The molecule has 2 aromatic carbocycles. The van der Waals surface area contributed by atoms with Gasteiger partial charge in [0.1, 0.15) is 28.1 Å². The summed E-state index contributed by atoms with van der Waals surface area (Å²) in [6, 6.07) is 11.4. The van der Waals surface area contributed by atoms with Gasteiger partial charge in [0.05, 0.1) is 12.8 Å². The summed E-state index contributed by atoms with van der Waals surface area (Å²) < 4.78 is 45.5. The largest absolute Gasteiger partial charge is 0.495 e. The third kappa shape index (κ3) is 2.95. The van der Waals surface area contributed by atoms with E-state index >= 15 is 0 Å². The molecule has 5 nitrogen and oxygen atoms in total. The second-order valence-electron chi connectivity index (χ2n) is 4.03. The smallest absolute Gasteiger partial charge is 0.263 e. The van der Waals surface area contributed by atoms with E-state index in [9.17, 15) is 12.8 Å². The Bertz CT molecular complexity index is 813. The van der Waals surface area contributed by atoms with Crippen molar-refractivity contribution >= 4 is 15.7 Å². The quantitative estimate of drug-likeness (QED) is 0.941. The lowest BCUT2D eigenvalue weighted by atomic mass is 10.2. The van der Waals surface area contributed by atoms with E-state index in [1.54, 1.807) is 24.3 Å². The number of hydrogen-bond acceptors (Lipinski definition) is 4. The average Bonchev–Trinajstić information content (AvgIpc) is 2.47. The average molecular weight is 306 g/mol. The zero-order valence-electron chi connectivity index (χ0n) is 11.0. The minimum absolute atomic E-state index is 0.202. The van der Waals surface area contributed by atoms with E-state index in [4.69, 9.17) is 10.00 Å². The lowest BCUT2D eigenvalue weighted by Crippen LogP contribution is -2.15. The van der Waals surface area contributed by atoms with Gasteiger partial charge in [0.15, 0.2) is 0 Å². The maximum absolute atomic E-state index is 13.5. The highest BCUT2D eigenvalue weighted by atomic mass is 32.2. The van der Waals surface area contributed by atoms with Crippen molar-refractivity contribution in [2.24, 2.45) is 0 Å². The third-order valence-corrected chi connectivity index (χ3v) is 4.14. The highest BCUT2D eigenvalue weighted by Gasteiger charge is 2.22. The first-order chi connectivity index (χ1) is 9.99. The lowest BCUT2D eigenvalue weighted by Gasteiger charge is -2.12. The second kappa shape index (κ2) is 5.81. The molecule has 0 fully saturated rings. The lowest BCUT2D eigenvalue weighted by molar-refractivity contribution is 0.417. The number of sulfonamides is 1. The molecular formula is C14H11FN2O3S. The molecule has 0 aliphatic rings. The van der Waals surface area contributed by atoms with Gasteiger partial charge in [-0.25, -0.2) is 12.8 Å². The maximum atomic E-state index is 13.5. The summed E-state index contributed by atoms with van der Waals surface area (Å²) in [4.78, 5) is -0.420. The van der Waals surface area contributed by atoms with Gasteiger partial charge in [0.25, 0.3) is 10.0 Å². The van der Waals surface area contributed by atoms with E-state index in [0.29, 0.717) is 5.75 Å². The summed E-state index contributed by atoms with van der Waals surface area (Å²) in [5, 5.41) is 8.92. The van der Waals surface area contributed by atoms with Crippen LogP contribution in [0.15, 0.2) is 47.4 Å². The number of rotatable bonds is 4. The van der Waals surface area contributed by atoms with Gasteiger partial charge < -0.3 is 4.74 Å². The molecule has 7 heteroatoms. The van der Waals surface area contributed by atoms with E-state index < -0.39 is 26.3 Å². The van der Waals surface area contributed by atoms with Crippen LogP contribution in [0.3, 0.4) is 0 Å². The van der Waals surface area contributed by atoms with Crippen LogP contribution in [-0.2, 0) is 10.0 Å². The minimum Gasteiger partial charge on any atom is -0.495 e. The zero-order chi connectivity index (χ0) is 15.5. The number of nitrogens with one attached hydrogen (secondary N) is 1. The van der Waals surface area contributed by atoms with Crippen molar-refractivity contribution < 1.29 is 17.5 Å². The summed E-state index contributed by atoms with van der Waals surface area (Å²) in [6.07, 6.45) is 0. The van der Waals surface area contributed by atoms with E-state index in [2.05, 4.69) is 4.72 Å². The van der Waals surface area contributed by atoms with Gasteiger partial charge in [0.2, 0.25) is 0 Å². The molecule has 0 aliphatic heterocycles. The van der Waals surface area contributed by atoms with E-state index in [-0.39, 0.29) is 5.69 Å². The molecular weight excluding hydrogens is 295 g/mol. The molecule has 1 N–H and O–H groups in total. The molecule has 0 spiro atoms. The number of hydrogen-bond donors (Lipinski definition) is 1. The predicted molar refractivity (Wildman–Crippen MR) is 74.9 cm³/mol. The Balaban J connectivity index is 2.50. The number of nitriles is 1. The van der Waals surface area contributed by atoms with Crippen LogP contribution in [-0.4, -0.2) is 15.5 Å². The van der Waals surface area contributed by atoms with Gasteiger partial charge >= 0.3 is 0 Å². The summed E-state index contributed by atoms with van der Waals surface area (Å²) in [6.45, 7) is 0. The monoisotopic (exact) mass is 306 g/mol. The summed E-state index contributed by atoms with van der Waals surface area (Å²) in [5.41, 5.74) is -0.326. The summed E-state index contributed by atoms with van der Waals surface area (Å²) in [7, 11) is -2.70. The fraction of sp³-hybridized carbons (Fsp3) is 0.0714. The van der Waals surface area contributed by atoms with Gasteiger partial charge in [-0.05, 0) is 24.3 Å². The number of para-hydroxylation sites is 2. The molecule has 108 valence electrons. The van der Waals surface area contributed by atoms with Crippen molar-refractivity contribution in [2.75, 3.05) is 11.8 Å². The number of benzene rings is 2. The van der Waals surface area contributed by atoms with Gasteiger partial charge in [-0.2, -0.15) is 5.26 Å². The van der Waals surface area contributed by atoms with Crippen LogP contribution in [0.25, 0.3) is 0 Å². The Kier molecular flexibility index (Phi) is 4.10. The van der Waals surface area contributed by atoms with E-state index in [1.807, 2.05) is 0 Å². The summed E-state index contributed by atoms with van der Waals surface area (Å²) >= 11 is 0. The highest BCUT2D eigenvalue weighted by Crippen LogP contribution is 2.27. The molecule has 0 radical (unpaired) electrons. The number of methoxy groups -OCH3 is 1. The minimum atomic E-state index is -4.10. The topological polar surface area (TPSA) is 79.2 Å². The second-order valence-corrected chi connectivity index (χ2v) is 5.68. The van der Waals surface area contributed by atoms with Crippen LogP contribution in [0.5, 0.6) is 5.75 Å². The van der Waals surface area contributed by atoms with Crippen LogP contribution in [0, 0.1) is 17.1 Å². The Labute approximate surface area is 121 Å². The first kappa shape index (κ1) is 14.8. The molecule has 0 bridgehead atoms. The fourth-order valence-electron chi connectivity index (χ4n) is 1.77. The highest BCUT2D eigenvalue weighted by molar-refractivity contribution is 7.92. The molecule has 0 atom stereocenters. The van der Waals surface area contributed by atoms with Crippen molar-refractivity contribution in [3.05, 3.63) is 53.8 Å². The Morgan fingerprint density at radius 1 is 1.19 bits per heavy atom. The zero-order valence-corrected chi connectivity index (χ0v) is 11.8.